The second-order valence-corrected chi connectivity index (χ2v) is 8.30. The summed E-state index contributed by atoms with van der Waals surface area (Å²) in [6, 6.07) is 13.6. The standard InChI is InChI=1S/C26H31F/c1-4-21-9-13-24(14-10-21)20(3)17-23-12-16-25(26(27)18-23)15-11-22-7-5-19(2)6-8-22/h5-8,12,16,18,20-21,24H,4,9-10,13-14,17H2,1-3H3. The topological polar surface area (TPSA) is 0 Å². The van der Waals surface area contributed by atoms with Crippen LogP contribution in [0.1, 0.15) is 68.2 Å². The van der Waals surface area contributed by atoms with E-state index in [0.29, 0.717) is 11.5 Å². The third-order valence-corrected chi connectivity index (χ3v) is 6.26. The normalized spacial score (nSPS) is 20.6. The molecule has 1 saturated carbocycles. The first-order chi connectivity index (χ1) is 13.0. The van der Waals surface area contributed by atoms with E-state index in [1.165, 1.54) is 37.7 Å². The smallest absolute Gasteiger partial charge is 0.139 e. The number of halogens is 1. The summed E-state index contributed by atoms with van der Waals surface area (Å²) in [6.45, 7) is 6.69. The molecule has 0 radical (unpaired) electrons. The molecule has 0 bridgehead atoms. The van der Waals surface area contributed by atoms with Gasteiger partial charge < -0.3 is 0 Å². The first-order valence-electron chi connectivity index (χ1n) is 10.4. The lowest BCUT2D eigenvalue weighted by Gasteiger charge is -2.32. The van der Waals surface area contributed by atoms with E-state index in [2.05, 4.69) is 31.8 Å². The van der Waals surface area contributed by atoms with Gasteiger partial charge >= 0.3 is 0 Å². The Hall–Kier alpha value is -2.07. The molecule has 0 nitrogen and oxygen atoms in total. The zero-order valence-corrected chi connectivity index (χ0v) is 16.9. The van der Waals surface area contributed by atoms with E-state index in [4.69, 9.17) is 0 Å². The number of hydrogen-bond donors (Lipinski definition) is 0. The molecule has 0 heterocycles. The number of rotatable bonds is 4. The average molecular weight is 363 g/mol. The lowest BCUT2D eigenvalue weighted by atomic mass is 9.74. The zero-order chi connectivity index (χ0) is 19.2. The lowest BCUT2D eigenvalue weighted by molar-refractivity contribution is 0.210. The lowest BCUT2D eigenvalue weighted by Crippen LogP contribution is -2.21. The van der Waals surface area contributed by atoms with Crippen LogP contribution in [0, 0.1) is 42.3 Å². The van der Waals surface area contributed by atoms with Gasteiger partial charge in [0, 0.05) is 5.56 Å². The molecule has 0 amide bonds. The van der Waals surface area contributed by atoms with E-state index in [1.807, 2.05) is 37.3 Å². The van der Waals surface area contributed by atoms with Gasteiger partial charge in [0.15, 0.2) is 0 Å². The highest BCUT2D eigenvalue weighted by Gasteiger charge is 2.24. The molecule has 1 unspecified atom stereocenters. The summed E-state index contributed by atoms with van der Waals surface area (Å²) < 4.78 is 14.5. The van der Waals surface area contributed by atoms with E-state index < -0.39 is 0 Å². The molecule has 2 aromatic rings. The predicted octanol–water partition coefficient (Wildman–Crippen LogP) is 6.93. The third-order valence-electron chi connectivity index (χ3n) is 6.26. The van der Waals surface area contributed by atoms with Crippen LogP contribution in [0.25, 0.3) is 0 Å². The Morgan fingerprint density at radius 3 is 2.33 bits per heavy atom. The number of benzene rings is 2. The SMILES string of the molecule is CCC1CCC(C(C)Cc2ccc(C#Cc3ccc(C)cc3)c(F)c2)CC1. The Morgan fingerprint density at radius 2 is 1.70 bits per heavy atom. The minimum absolute atomic E-state index is 0.200. The first-order valence-corrected chi connectivity index (χ1v) is 10.4. The highest BCUT2D eigenvalue weighted by Crippen LogP contribution is 2.36. The van der Waals surface area contributed by atoms with E-state index in [0.717, 1.165) is 29.4 Å². The van der Waals surface area contributed by atoms with Gasteiger partial charge in [0.05, 0.1) is 5.56 Å². The second kappa shape index (κ2) is 9.23. The molecule has 0 spiro atoms. The molecule has 1 atom stereocenters. The summed E-state index contributed by atoms with van der Waals surface area (Å²) in [6.07, 6.45) is 7.69. The fraction of sp³-hybridized carbons (Fsp3) is 0.462. The third kappa shape index (κ3) is 5.46. The molecule has 0 saturated heterocycles. The Kier molecular flexibility index (Phi) is 6.73. The average Bonchev–Trinajstić information content (AvgIpc) is 2.68. The first kappa shape index (κ1) is 19.7. The second-order valence-electron chi connectivity index (χ2n) is 8.30. The molecular formula is C26H31F. The van der Waals surface area contributed by atoms with Gasteiger partial charge in [-0.05, 0) is 73.8 Å². The maximum absolute atomic E-state index is 14.5. The van der Waals surface area contributed by atoms with Gasteiger partial charge in [-0.15, -0.1) is 0 Å². The quantitative estimate of drug-likeness (QED) is 0.517. The summed E-state index contributed by atoms with van der Waals surface area (Å²) in [5.74, 6) is 8.17. The van der Waals surface area contributed by atoms with Crippen LogP contribution >= 0.6 is 0 Å². The van der Waals surface area contributed by atoms with E-state index in [9.17, 15) is 4.39 Å². The molecule has 0 aromatic heterocycles. The van der Waals surface area contributed by atoms with E-state index in [-0.39, 0.29) is 5.82 Å². The molecule has 0 N–H and O–H groups in total. The zero-order valence-electron chi connectivity index (χ0n) is 16.9. The minimum Gasteiger partial charge on any atom is -0.206 e. The Balaban J connectivity index is 1.62. The summed E-state index contributed by atoms with van der Waals surface area (Å²) in [5, 5.41) is 0. The Bertz CT molecular complexity index is 798. The summed E-state index contributed by atoms with van der Waals surface area (Å²) in [5.41, 5.74) is 3.70. The minimum atomic E-state index is -0.200. The summed E-state index contributed by atoms with van der Waals surface area (Å²) in [7, 11) is 0. The molecule has 2 aromatic carbocycles. The molecule has 1 fully saturated rings. The largest absolute Gasteiger partial charge is 0.206 e. The molecule has 3 rings (SSSR count). The van der Waals surface area contributed by atoms with Crippen LogP contribution in [0.15, 0.2) is 42.5 Å². The van der Waals surface area contributed by atoms with Crippen LogP contribution in [0.5, 0.6) is 0 Å². The van der Waals surface area contributed by atoms with Crippen molar-refractivity contribution in [2.75, 3.05) is 0 Å². The van der Waals surface area contributed by atoms with Crippen molar-refractivity contribution in [3.05, 3.63) is 70.5 Å². The van der Waals surface area contributed by atoms with Crippen molar-refractivity contribution in [2.24, 2.45) is 17.8 Å². The number of aryl methyl sites for hydroxylation is 1. The van der Waals surface area contributed by atoms with Gasteiger partial charge in [-0.2, -0.15) is 0 Å². The van der Waals surface area contributed by atoms with Crippen LogP contribution in [-0.2, 0) is 6.42 Å². The van der Waals surface area contributed by atoms with Crippen molar-refractivity contribution in [1.29, 1.82) is 0 Å². The van der Waals surface area contributed by atoms with Gasteiger partial charge in [-0.25, -0.2) is 4.39 Å². The molecule has 1 aliphatic rings. The van der Waals surface area contributed by atoms with Crippen molar-refractivity contribution < 1.29 is 4.39 Å². The van der Waals surface area contributed by atoms with Crippen LogP contribution in [0.3, 0.4) is 0 Å². The van der Waals surface area contributed by atoms with Crippen molar-refractivity contribution >= 4 is 0 Å². The van der Waals surface area contributed by atoms with Crippen molar-refractivity contribution in [2.45, 2.75) is 59.3 Å². The van der Waals surface area contributed by atoms with Gasteiger partial charge in [0.25, 0.3) is 0 Å². The highest BCUT2D eigenvalue weighted by molar-refractivity contribution is 5.44. The van der Waals surface area contributed by atoms with Crippen LogP contribution < -0.4 is 0 Å². The van der Waals surface area contributed by atoms with Crippen molar-refractivity contribution in [1.82, 2.24) is 0 Å². The maximum Gasteiger partial charge on any atom is 0.139 e. The molecular weight excluding hydrogens is 331 g/mol. The Labute approximate surface area is 164 Å². The van der Waals surface area contributed by atoms with Gasteiger partial charge in [-0.3, -0.25) is 0 Å². The van der Waals surface area contributed by atoms with E-state index in [1.54, 1.807) is 6.07 Å². The fourth-order valence-electron chi connectivity index (χ4n) is 4.27. The van der Waals surface area contributed by atoms with Crippen LogP contribution in [0.4, 0.5) is 4.39 Å². The summed E-state index contributed by atoms with van der Waals surface area (Å²) >= 11 is 0. The molecule has 27 heavy (non-hydrogen) atoms. The van der Waals surface area contributed by atoms with Crippen molar-refractivity contribution in [3.8, 4) is 11.8 Å². The van der Waals surface area contributed by atoms with Crippen molar-refractivity contribution in [3.63, 3.8) is 0 Å². The monoisotopic (exact) mass is 362 g/mol. The highest BCUT2D eigenvalue weighted by atomic mass is 19.1. The molecule has 0 aliphatic heterocycles. The molecule has 142 valence electrons. The van der Waals surface area contributed by atoms with E-state index >= 15 is 0 Å². The molecule has 1 aliphatic carbocycles. The fourth-order valence-corrected chi connectivity index (χ4v) is 4.27. The van der Waals surface area contributed by atoms with Crippen LogP contribution in [-0.4, -0.2) is 0 Å². The van der Waals surface area contributed by atoms with Crippen LogP contribution in [0.2, 0.25) is 0 Å². The van der Waals surface area contributed by atoms with Gasteiger partial charge in [0.1, 0.15) is 5.82 Å². The predicted molar refractivity (Wildman–Crippen MR) is 112 cm³/mol. The number of hydrogen-bond acceptors (Lipinski definition) is 0. The molecule has 1 heteroatoms. The van der Waals surface area contributed by atoms with Gasteiger partial charge in [0.2, 0.25) is 0 Å². The van der Waals surface area contributed by atoms with Gasteiger partial charge in [-0.1, -0.05) is 68.7 Å². The Morgan fingerprint density at radius 1 is 1.00 bits per heavy atom. The summed E-state index contributed by atoms with van der Waals surface area (Å²) in [4.78, 5) is 0. The maximum atomic E-state index is 14.5.